The number of amides is 4. The fourth-order valence-corrected chi connectivity index (χ4v) is 2.52. The SMILES string of the molecule is Cc1ccc(N2C(=O)NC(=O)/C(=C\c3ccccc3O)C2=O)cc1C. The number of phenols is 1. The maximum atomic E-state index is 12.8. The summed E-state index contributed by atoms with van der Waals surface area (Å²) in [5.74, 6) is -1.59. The summed E-state index contributed by atoms with van der Waals surface area (Å²) < 4.78 is 0. The summed E-state index contributed by atoms with van der Waals surface area (Å²) in [6.07, 6.45) is 1.27. The number of carbonyl (C=O) groups is 3. The summed E-state index contributed by atoms with van der Waals surface area (Å²) in [5.41, 5.74) is 2.41. The van der Waals surface area contributed by atoms with Crippen molar-refractivity contribution in [3.63, 3.8) is 0 Å². The average Bonchev–Trinajstić information content (AvgIpc) is 2.56. The van der Waals surface area contributed by atoms with Gasteiger partial charge in [-0.05, 0) is 49.2 Å². The van der Waals surface area contributed by atoms with E-state index in [9.17, 15) is 19.5 Å². The van der Waals surface area contributed by atoms with Crippen LogP contribution >= 0.6 is 0 Å². The number of aromatic hydroxyl groups is 1. The second-order valence-corrected chi connectivity index (χ2v) is 5.79. The Balaban J connectivity index is 2.05. The molecule has 6 nitrogen and oxygen atoms in total. The lowest BCUT2D eigenvalue weighted by Gasteiger charge is -2.26. The third kappa shape index (κ3) is 3.01. The maximum absolute atomic E-state index is 12.8. The predicted octanol–water partition coefficient (Wildman–Crippen LogP) is 2.68. The van der Waals surface area contributed by atoms with Gasteiger partial charge in [0.1, 0.15) is 11.3 Å². The highest BCUT2D eigenvalue weighted by atomic mass is 16.3. The number of aryl methyl sites for hydroxylation is 2. The topological polar surface area (TPSA) is 86.7 Å². The molecule has 1 aliphatic heterocycles. The van der Waals surface area contributed by atoms with Crippen LogP contribution in [0.4, 0.5) is 10.5 Å². The van der Waals surface area contributed by atoms with Crippen LogP contribution in [0, 0.1) is 13.8 Å². The number of carbonyl (C=O) groups excluding carboxylic acids is 3. The zero-order valence-corrected chi connectivity index (χ0v) is 13.7. The number of anilines is 1. The van der Waals surface area contributed by atoms with Gasteiger partial charge in [-0.2, -0.15) is 0 Å². The van der Waals surface area contributed by atoms with Crippen LogP contribution in [-0.2, 0) is 9.59 Å². The molecule has 0 aromatic heterocycles. The second-order valence-electron chi connectivity index (χ2n) is 5.79. The molecule has 0 aliphatic carbocycles. The van der Waals surface area contributed by atoms with Gasteiger partial charge in [-0.25, -0.2) is 9.69 Å². The second kappa shape index (κ2) is 6.24. The number of rotatable bonds is 2. The van der Waals surface area contributed by atoms with Crippen LogP contribution in [0.25, 0.3) is 6.08 Å². The number of hydrogen-bond acceptors (Lipinski definition) is 4. The van der Waals surface area contributed by atoms with Crippen molar-refractivity contribution >= 4 is 29.6 Å². The average molecular weight is 336 g/mol. The molecule has 1 heterocycles. The van der Waals surface area contributed by atoms with Gasteiger partial charge in [0.05, 0.1) is 5.69 Å². The minimum Gasteiger partial charge on any atom is -0.507 e. The van der Waals surface area contributed by atoms with Gasteiger partial charge in [0.25, 0.3) is 11.8 Å². The first-order valence-corrected chi connectivity index (χ1v) is 7.65. The Bertz CT molecular complexity index is 931. The lowest BCUT2D eigenvalue weighted by molar-refractivity contribution is -0.122. The fourth-order valence-electron chi connectivity index (χ4n) is 2.52. The van der Waals surface area contributed by atoms with Gasteiger partial charge < -0.3 is 5.11 Å². The Hall–Kier alpha value is -3.41. The maximum Gasteiger partial charge on any atom is 0.335 e. The number of urea groups is 1. The van der Waals surface area contributed by atoms with Gasteiger partial charge in [-0.3, -0.25) is 14.9 Å². The van der Waals surface area contributed by atoms with Crippen LogP contribution in [0.3, 0.4) is 0 Å². The summed E-state index contributed by atoms with van der Waals surface area (Å²) in [7, 11) is 0. The molecule has 0 atom stereocenters. The summed E-state index contributed by atoms with van der Waals surface area (Å²) in [6, 6.07) is 10.7. The Morgan fingerprint density at radius 1 is 1.00 bits per heavy atom. The quantitative estimate of drug-likeness (QED) is 0.652. The first-order valence-electron chi connectivity index (χ1n) is 7.65. The fraction of sp³-hybridized carbons (Fsp3) is 0.105. The van der Waals surface area contributed by atoms with Crippen LogP contribution in [0.15, 0.2) is 48.0 Å². The van der Waals surface area contributed by atoms with Crippen LogP contribution in [0.1, 0.15) is 16.7 Å². The lowest BCUT2D eigenvalue weighted by atomic mass is 10.0. The van der Waals surface area contributed by atoms with E-state index < -0.39 is 17.8 Å². The van der Waals surface area contributed by atoms with Crippen molar-refractivity contribution in [2.24, 2.45) is 0 Å². The van der Waals surface area contributed by atoms with E-state index in [0.717, 1.165) is 16.0 Å². The number of hydrogen-bond donors (Lipinski definition) is 2. The molecule has 2 aromatic rings. The molecular weight excluding hydrogens is 320 g/mol. The van der Waals surface area contributed by atoms with Gasteiger partial charge in [0.15, 0.2) is 0 Å². The van der Waals surface area contributed by atoms with Gasteiger partial charge in [0.2, 0.25) is 0 Å². The smallest absolute Gasteiger partial charge is 0.335 e. The summed E-state index contributed by atoms with van der Waals surface area (Å²) >= 11 is 0. The first-order chi connectivity index (χ1) is 11.9. The Labute approximate surface area is 144 Å². The van der Waals surface area contributed by atoms with E-state index in [4.69, 9.17) is 0 Å². The van der Waals surface area contributed by atoms with Gasteiger partial charge >= 0.3 is 6.03 Å². The van der Waals surface area contributed by atoms with Gasteiger partial charge in [-0.15, -0.1) is 0 Å². The van der Waals surface area contributed by atoms with E-state index in [2.05, 4.69) is 5.32 Å². The number of para-hydroxylation sites is 1. The molecule has 1 saturated heterocycles. The van der Waals surface area contributed by atoms with Crippen molar-refractivity contribution in [3.8, 4) is 5.75 Å². The Kier molecular flexibility index (Phi) is 4.10. The van der Waals surface area contributed by atoms with Gasteiger partial charge in [0, 0.05) is 5.56 Å². The van der Waals surface area contributed by atoms with E-state index in [0.29, 0.717) is 11.3 Å². The van der Waals surface area contributed by atoms with E-state index in [1.807, 2.05) is 13.8 Å². The van der Waals surface area contributed by atoms with E-state index >= 15 is 0 Å². The molecule has 126 valence electrons. The molecule has 25 heavy (non-hydrogen) atoms. The van der Waals surface area contributed by atoms with Crippen LogP contribution in [-0.4, -0.2) is 23.0 Å². The highest BCUT2D eigenvalue weighted by Gasteiger charge is 2.37. The number of benzene rings is 2. The zero-order chi connectivity index (χ0) is 18.1. The normalized spacial score (nSPS) is 16.3. The third-order valence-electron chi connectivity index (χ3n) is 4.09. The highest BCUT2D eigenvalue weighted by Crippen LogP contribution is 2.25. The monoisotopic (exact) mass is 336 g/mol. The molecule has 0 saturated carbocycles. The zero-order valence-electron chi connectivity index (χ0n) is 13.7. The van der Waals surface area contributed by atoms with E-state index in [1.54, 1.807) is 36.4 Å². The Morgan fingerprint density at radius 3 is 2.40 bits per heavy atom. The van der Waals surface area contributed by atoms with Crippen molar-refractivity contribution in [3.05, 3.63) is 64.7 Å². The van der Waals surface area contributed by atoms with Crippen LogP contribution in [0.2, 0.25) is 0 Å². The van der Waals surface area contributed by atoms with Crippen molar-refractivity contribution in [1.29, 1.82) is 0 Å². The molecule has 4 amide bonds. The largest absolute Gasteiger partial charge is 0.507 e. The number of nitrogens with one attached hydrogen (secondary N) is 1. The molecule has 0 spiro atoms. The van der Waals surface area contributed by atoms with Crippen molar-refractivity contribution in [2.45, 2.75) is 13.8 Å². The van der Waals surface area contributed by atoms with Gasteiger partial charge in [-0.1, -0.05) is 24.3 Å². The van der Waals surface area contributed by atoms with Crippen molar-refractivity contribution in [1.82, 2.24) is 5.32 Å². The number of nitrogens with zero attached hydrogens (tertiary/aromatic N) is 1. The van der Waals surface area contributed by atoms with E-state index in [1.165, 1.54) is 12.1 Å². The third-order valence-corrected chi connectivity index (χ3v) is 4.09. The summed E-state index contributed by atoms with van der Waals surface area (Å²) in [5, 5.41) is 12.0. The van der Waals surface area contributed by atoms with Crippen molar-refractivity contribution in [2.75, 3.05) is 4.90 Å². The Morgan fingerprint density at radius 2 is 1.72 bits per heavy atom. The van der Waals surface area contributed by atoms with E-state index in [-0.39, 0.29) is 11.3 Å². The molecule has 1 aliphatic rings. The highest BCUT2D eigenvalue weighted by molar-refractivity contribution is 6.39. The minimum atomic E-state index is -0.798. The van der Waals surface area contributed by atoms with Crippen LogP contribution in [0.5, 0.6) is 5.75 Å². The molecule has 3 rings (SSSR count). The molecule has 2 N–H and O–H groups in total. The molecule has 1 fully saturated rings. The molecule has 2 aromatic carbocycles. The lowest BCUT2D eigenvalue weighted by Crippen LogP contribution is -2.54. The number of barbiturate groups is 1. The molecule has 6 heteroatoms. The summed E-state index contributed by atoms with van der Waals surface area (Å²) in [4.78, 5) is 37.9. The van der Waals surface area contributed by atoms with Crippen LogP contribution < -0.4 is 10.2 Å². The number of phenolic OH excluding ortho intramolecular Hbond substituents is 1. The standard InChI is InChI=1S/C19H16N2O4/c1-11-7-8-14(9-12(11)2)21-18(24)15(17(23)20-19(21)25)10-13-5-3-4-6-16(13)22/h3-10,22H,1-2H3,(H,20,23,25)/b15-10+. The molecule has 0 bridgehead atoms. The number of imide groups is 2. The summed E-state index contributed by atoms with van der Waals surface area (Å²) in [6.45, 7) is 3.79. The molecule has 0 unspecified atom stereocenters. The molecular formula is C19H16N2O4. The predicted molar refractivity (Wildman–Crippen MR) is 93.0 cm³/mol. The minimum absolute atomic E-state index is 0.0646. The van der Waals surface area contributed by atoms with Crippen molar-refractivity contribution < 1.29 is 19.5 Å². The first kappa shape index (κ1) is 16.4. The molecule has 0 radical (unpaired) electrons.